The van der Waals surface area contributed by atoms with E-state index in [1.54, 1.807) is 0 Å². The van der Waals surface area contributed by atoms with E-state index in [9.17, 15) is 0 Å². The number of aromatic nitrogens is 2. The zero-order valence-corrected chi connectivity index (χ0v) is 12.8. The Morgan fingerprint density at radius 2 is 1.70 bits per heavy atom. The summed E-state index contributed by atoms with van der Waals surface area (Å²) < 4.78 is 1.94. The lowest BCUT2D eigenvalue weighted by Gasteiger charge is -2.01. The summed E-state index contributed by atoms with van der Waals surface area (Å²) in [6.45, 7) is 2.09. The zero-order chi connectivity index (χ0) is 13.9. The molecule has 0 amide bonds. The van der Waals surface area contributed by atoms with Crippen molar-refractivity contribution in [2.24, 2.45) is 0 Å². The van der Waals surface area contributed by atoms with E-state index in [1.165, 1.54) is 11.1 Å². The number of benzene rings is 2. The number of hydrogen-bond acceptors (Lipinski definition) is 1. The SMILES string of the molecule is Cc1ccc(-c2nn(-c3ccccc3)cc2CBr)cc1. The van der Waals surface area contributed by atoms with E-state index in [1.807, 2.05) is 22.9 Å². The molecule has 0 unspecified atom stereocenters. The standard InChI is InChI=1S/C17H15BrN2/c1-13-7-9-14(10-8-13)17-15(11-18)12-20(19-17)16-5-3-2-4-6-16/h2-10,12H,11H2,1H3. The fraction of sp³-hybridized carbons (Fsp3) is 0.118. The number of alkyl halides is 1. The molecule has 0 radical (unpaired) electrons. The molecular formula is C17H15BrN2. The molecule has 0 fully saturated rings. The maximum absolute atomic E-state index is 4.74. The predicted octanol–water partition coefficient (Wildman–Crippen LogP) is 4.74. The van der Waals surface area contributed by atoms with Gasteiger partial charge < -0.3 is 0 Å². The summed E-state index contributed by atoms with van der Waals surface area (Å²) in [6.07, 6.45) is 2.08. The lowest BCUT2D eigenvalue weighted by atomic mass is 10.1. The van der Waals surface area contributed by atoms with Crippen LogP contribution in [0.2, 0.25) is 0 Å². The first-order valence-electron chi connectivity index (χ1n) is 6.55. The fourth-order valence-electron chi connectivity index (χ4n) is 2.17. The van der Waals surface area contributed by atoms with Crippen LogP contribution in [0.15, 0.2) is 60.8 Å². The minimum atomic E-state index is 0.795. The van der Waals surface area contributed by atoms with Gasteiger partial charge in [0.1, 0.15) is 0 Å². The average Bonchev–Trinajstić information content (AvgIpc) is 2.93. The van der Waals surface area contributed by atoms with Crippen LogP contribution in [0.1, 0.15) is 11.1 Å². The number of nitrogens with zero attached hydrogens (tertiary/aromatic N) is 2. The second kappa shape index (κ2) is 5.63. The molecule has 3 heteroatoms. The molecule has 0 bridgehead atoms. The summed E-state index contributed by atoms with van der Waals surface area (Å²) in [6, 6.07) is 18.7. The van der Waals surface area contributed by atoms with Gasteiger partial charge in [0.25, 0.3) is 0 Å². The van der Waals surface area contributed by atoms with Gasteiger partial charge in [-0.05, 0) is 19.1 Å². The van der Waals surface area contributed by atoms with Crippen LogP contribution in [0.25, 0.3) is 16.9 Å². The first-order valence-corrected chi connectivity index (χ1v) is 7.67. The van der Waals surface area contributed by atoms with Crippen molar-refractivity contribution in [3.63, 3.8) is 0 Å². The summed E-state index contributed by atoms with van der Waals surface area (Å²) in [5.74, 6) is 0. The third-order valence-electron chi connectivity index (χ3n) is 3.28. The molecule has 0 saturated heterocycles. The largest absolute Gasteiger partial charge is 0.240 e. The lowest BCUT2D eigenvalue weighted by Crippen LogP contribution is -1.93. The van der Waals surface area contributed by atoms with Gasteiger partial charge in [0, 0.05) is 22.7 Å². The molecule has 0 aliphatic carbocycles. The number of hydrogen-bond donors (Lipinski definition) is 0. The van der Waals surface area contributed by atoms with E-state index in [4.69, 9.17) is 5.10 Å². The van der Waals surface area contributed by atoms with Gasteiger partial charge in [-0.1, -0.05) is 64.0 Å². The molecular weight excluding hydrogens is 312 g/mol. The third-order valence-corrected chi connectivity index (χ3v) is 3.88. The predicted molar refractivity (Wildman–Crippen MR) is 86.4 cm³/mol. The Bertz CT molecular complexity index is 700. The maximum atomic E-state index is 4.74. The summed E-state index contributed by atoms with van der Waals surface area (Å²) in [5, 5.41) is 5.53. The molecule has 0 aliphatic heterocycles. The van der Waals surface area contributed by atoms with E-state index < -0.39 is 0 Å². The van der Waals surface area contributed by atoms with Crippen molar-refractivity contribution in [1.29, 1.82) is 0 Å². The second-order valence-corrected chi connectivity index (χ2v) is 5.34. The molecule has 100 valence electrons. The minimum Gasteiger partial charge on any atom is -0.240 e. The molecule has 3 aromatic rings. The Kier molecular flexibility index (Phi) is 3.70. The lowest BCUT2D eigenvalue weighted by molar-refractivity contribution is 0.884. The van der Waals surface area contributed by atoms with Crippen molar-refractivity contribution < 1.29 is 0 Å². The molecule has 0 saturated carbocycles. The van der Waals surface area contributed by atoms with Crippen LogP contribution in [0.5, 0.6) is 0 Å². The molecule has 0 spiro atoms. The van der Waals surface area contributed by atoms with Gasteiger partial charge in [0.05, 0.1) is 11.4 Å². The molecule has 2 aromatic carbocycles. The molecule has 2 nitrogen and oxygen atoms in total. The van der Waals surface area contributed by atoms with E-state index in [-0.39, 0.29) is 0 Å². The first kappa shape index (κ1) is 13.1. The zero-order valence-electron chi connectivity index (χ0n) is 11.3. The van der Waals surface area contributed by atoms with Crippen molar-refractivity contribution >= 4 is 15.9 Å². The van der Waals surface area contributed by atoms with Crippen molar-refractivity contribution in [2.75, 3.05) is 0 Å². The molecule has 0 aliphatic rings. The summed E-state index contributed by atoms with van der Waals surface area (Å²) in [4.78, 5) is 0. The fourth-order valence-corrected chi connectivity index (χ4v) is 2.59. The Morgan fingerprint density at radius 1 is 1.00 bits per heavy atom. The molecule has 0 N–H and O–H groups in total. The van der Waals surface area contributed by atoms with Crippen LogP contribution < -0.4 is 0 Å². The maximum Gasteiger partial charge on any atom is 0.0968 e. The average molecular weight is 327 g/mol. The molecule has 20 heavy (non-hydrogen) atoms. The van der Waals surface area contributed by atoms with Gasteiger partial charge in [-0.2, -0.15) is 5.10 Å². The second-order valence-electron chi connectivity index (χ2n) is 4.78. The van der Waals surface area contributed by atoms with Gasteiger partial charge in [-0.3, -0.25) is 0 Å². The van der Waals surface area contributed by atoms with Crippen LogP contribution in [0.4, 0.5) is 0 Å². The molecule has 1 heterocycles. The van der Waals surface area contributed by atoms with Gasteiger partial charge in [-0.25, -0.2) is 4.68 Å². The van der Waals surface area contributed by atoms with E-state index in [2.05, 4.69) is 65.4 Å². The highest BCUT2D eigenvalue weighted by atomic mass is 79.9. The van der Waals surface area contributed by atoms with Crippen molar-refractivity contribution in [3.8, 4) is 16.9 Å². The molecule has 3 rings (SSSR count). The monoisotopic (exact) mass is 326 g/mol. The number of para-hydroxylation sites is 1. The first-order chi connectivity index (χ1) is 9.78. The number of aryl methyl sites for hydroxylation is 1. The van der Waals surface area contributed by atoms with Crippen molar-refractivity contribution in [1.82, 2.24) is 9.78 Å². The van der Waals surface area contributed by atoms with Gasteiger partial charge in [0.2, 0.25) is 0 Å². The summed E-state index contributed by atoms with van der Waals surface area (Å²) in [7, 11) is 0. The van der Waals surface area contributed by atoms with Crippen LogP contribution in [0, 0.1) is 6.92 Å². The smallest absolute Gasteiger partial charge is 0.0968 e. The van der Waals surface area contributed by atoms with Gasteiger partial charge >= 0.3 is 0 Å². The molecule has 0 atom stereocenters. The highest BCUT2D eigenvalue weighted by Crippen LogP contribution is 2.25. The van der Waals surface area contributed by atoms with Crippen molar-refractivity contribution in [2.45, 2.75) is 12.3 Å². The van der Waals surface area contributed by atoms with E-state index in [0.29, 0.717) is 0 Å². The molecule has 1 aromatic heterocycles. The van der Waals surface area contributed by atoms with Crippen LogP contribution in [0.3, 0.4) is 0 Å². The Balaban J connectivity index is 2.07. The topological polar surface area (TPSA) is 17.8 Å². The van der Waals surface area contributed by atoms with E-state index >= 15 is 0 Å². The third kappa shape index (κ3) is 2.54. The van der Waals surface area contributed by atoms with Crippen molar-refractivity contribution in [3.05, 3.63) is 71.9 Å². The number of rotatable bonds is 3. The Hall–Kier alpha value is -1.87. The minimum absolute atomic E-state index is 0.795. The summed E-state index contributed by atoms with van der Waals surface area (Å²) in [5.41, 5.74) is 5.72. The van der Waals surface area contributed by atoms with Crippen LogP contribution >= 0.6 is 15.9 Å². The Labute approximate surface area is 127 Å². The highest BCUT2D eigenvalue weighted by Gasteiger charge is 2.11. The highest BCUT2D eigenvalue weighted by molar-refractivity contribution is 9.08. The summed E-state index contributed by atoms with van der Waals surface area (Å²) >= 11 is 3.55. The Morgan fingerprint density at radius 3 is 2.35 bits per heavy atom. The number of halogens is 1. The van der Waals surface area contributed by atoms with Gasteiger partial charge in [0.15, 0.2) is 0 Å². The quantitative estimate of drug-likeness (QED) is 0.635. The normalized spacial score (nSPS) is 10.7. The van der Waals surface area contributed by atoms with Gasteiger partial charge in [-0.15, -0.1) is 0 Å². The van der Waals surface area contributed by atoms with Crippen LogP contribution in [-0.2, 0) is 5.33 Å². The van der Waals surface area contributed by atoms with Crippen LogP contribution in [-0.4, -0.2) is 9.78 Å². The van der Waals surface area contributed by atoms with E-state index in [0.717, 1.165) is 22.3 Å².